The van der Waals surface area contributed by atoms with Gasteiger partial charge in [-0.3, -0.25) is 0 Å². The number of allylic oxidation sites excluding steroid dienone is 4. The number of methoxy groups -OCH3 is 1. The van der Waals surface area contributed by atoms with Crippen molar-refractivity contribution in [1.82, 2.24) is 0 Å². The zero-order valence-electron chi connectivity index (χ0n) is 21.1. The Balaban J connectivity index is 1.73. The van der Waals surface area contributed by atoms with Crippen molar-refractivity contribution < 1.29 is 26.0 Å². The molecule has 0 spiro atoms. The van der Waals surface area contributed by atoms with Crippen LogP contribution in [-0.4, -0.2) is 10.3 Å². The van der Waals surface area contributed by atoms with Crippen molar-refractivity contribution in [2.24, 2.45) is 0 Å². The van der Waals surface area contributed by atoms with Gasteiger partial charge in [-0.1, -0.05) is 0 Å². The fourth-order valence-electron chi connectivity index (χ4n) is 5.84. The van der Waals surface area contributed by atoms with E-state index in [4.69, 9.17) is 4.74 Å². The fourth-order valence-corrected chi connectivity index (χ4v) is 15.4. The molecule has 6 rings (SSSR count). The first-order valence-corrected chi connectivity index (χ1v) is 16.5. The molecule has 0 N–H and O–H groups in total. The first-order chi connectivity index (χ1) is 17.7. The van der Waals surface area contributed by atoms with Gasteiger partial charge >= 0.3 is 223 Å². The van der Waals surface area contributed by atoms with Crippen LogP contribution >= 0.6 is 0 Å². The molecule has 2 heteroatoms. The van der Waals surface area contributed by atoms with E-state index in [2.05, 4.69) is 123 Å². The Hall–Kier alpha value is -3.09. The molecule has 1 unspecified atom stereocenters. The third-order valence-corrected chi connectivity index (χ3v) is 15.9. The Morgan fingerprint density at radius 1 is 0.722 bits per heavy atom. The molecule has 0 amide bonds. The molecule has 4 aromatic carbocycles. The summed E-state index contributed by atoms with van der Waals surface area (Å²) in [4.78, 5) is 0. The number of hydrogen-bond donors (Lipinski definition) is 0. The van der Waals surface area contributed by atoms with Crippen molar-refractivity contribution in [1.29, 1.82) is 0 Å². The van der Waals surface area contributed by atoms with Gasteiger partial charge in [-0.15, -0.1) is 0 Å². The van der Waals surface area contributed by atoms with E-state index in [9.17, 15) is 0 Å². The Labute approximate surface area is 221 Å². The van der Waals surface area contributed by atoms with E-state index in [1.807, 2.05) is 0 Å². The summed E-state index contributed by atoms with van der Waals surface area (Å²) in [5, 5.41) is 0. The molecule has 2 aliphatic rings. The second kappa shape index (κ2) is 9.76. The first-order valence-electron chi connectivity index (χ1n) is 12.6. The van der Waals surface area contributed by atoms with Gasteiger partial charge in [0.05, 0.1) is 0 Å². The Morgan fingerprint density at radius 3 is 1.94 bits per heavy atom. The molecular formula is C34H30OZr. The van der Waals surface area contributed by atoms with Crippen LogP contribution in [0.25, 0.3) is 11.1 Å². The van der Waals surface area contributed by atoms with Crippen LogP contribution < -0.4 is 4.74 Å². The molecule has 0 heterocycles. The number of benzene rings is 4. The van der Waals surface area contributed by atoms with Gasteiger partial charge in [0, 0.05) is 0 Å². The summed E-state index contributed by atoms with van der Waals surface area (Å²) in [6.45, 7) is 4.59. The van der Waals surface area contributed by atoms with Crippen molar-refractivity contribution >= 4 is 3.21 Å². The third kappa shape index (κ3) is 4.02. The second-order valence-electron chi connectivity index (χ2n) is 9.80. The monoisotopic (exact) mass is 544 g/mol. The van der Waals surface area contributed by atoms with Crippen molar-refractivity contribution in [3.05, 3.63) is 146 Å². The van der Waals surface area contributed by atoms with Crippen molar-refractivity contribution in [2.75, 3.05) is 7.11 Å². The maximum atomic E-state index is 5.75. The van der Waals surface area contributed by atoms with Crippen LogP contribution in [0.5, 0.6) is 5.75 Å². The minimum atomic E-state index is -2.64. The molecule has 2 aliphatic carbocycles. The molecule has 0 radical (unpaired) electrons. The van der Waals surface area contributed by atoms with Gasteiger partial charge in [-0.05, 0) is 0 Å². The Kier molecular flexibility index (Phi) is 6.32. The second-order valence-corrected chi connectivity index (χ2v) is 16.1. The van der Waals surface area contributed by atoms with E-state index in [1.54, 1.807) is 13.6 Å². The van der Waals surface area contributed by atoms with Gasteiger partial charge in [0.15, 0.2) is 0 Å². The summed E-state index contributed by atoms with van der Waals surface area (Å²) < 4.78 is 9.42. The average molecular weight is 546 g/mol. The van der Waals surface area contributed by atoms with E-state index in [-0.39, 0.29) is 0 Å². The van der Waals surface area contributed by atoms with Crippen LogP contribution in [0, 0.1) is 0 Å². The van der Waals surface area contributed by atoms with Crippen LogP contribution in [0.2, 0.25) is 0 Å². The van der Waals surface area contributed by atoms with Gasteiger partial charge in [0.25, 0.3) is 0 Å². The SMILES string of the molecule is COc1ccc2c(c1)[CH]([Zr]([C]1=CC(C)=C(C)C1)=[C](c1ccccc1)c1ccccc1)c1ccccc1-2. The van der Waals surface area contributed by atoms with Crippen LogP contribution in [-0.2, 0) is 21.3 Å². The molecule has 0 saturated heterocycles. The standard InChI is InChI=1S/C14H11O.C13H10.C7H9.Zr/c1-15-12-6-7-14-11(9-12)8-10-4-2-3-5-13(10)14;1-3-7-12(8-4-1)11-13-9-5-2-6-10-13;1-6-4-3-5-7(6)2;/h2-9H,1H3;1-10H;4H,5H2,1-2H3;. The summed E-state index contributed by atoms with van der Waals surface area (Å²) in [7, 11) is 1.78. The van der Waals surface area contributed by atoms with Gasteiger partial charge in [0.1, 0.15) is 0 Å². The number of rotatable bonds is 5. The number of fused-ring (bicyclic) bond motifs is 3. The Morgan fingerprint density at radius 2 is 1.33 bits per heavy atom. The van der Waals surface area contributed by atoms with E-state index in [0.29, 0.717) is 3.63 Å². The normalized spacial score (nSPS) is 15.9. The van der Waals surface area contributed by atoms with Crippen molar-refractivity contribution in [3.8, 4) is 16.9 Å². The molecule has 4 aromatic rings. The number of ether oxygens (including phenoxy) is 1. The molecule has 0 saturated carbocycles. The molecule has 0 aliphatic heterocycles. The summed E-state index contributed by atoms with van der Waals surface area (Å²) in [6, 6.07) is 38.1. The van der Waals surface area contributed by atoms with Gasteiger partial charge in [-0.2, -0.15) is 0 Å². The zero-order chi connectivity index (χ0) is 24.6. The Bertz CT molecular complexity index is 1500. The summed E-state index contributed by atoms with van der Waals surface area (Å²) >= 11 is -2.64. The maximum absolute atomic E-state index is 5.75. The predicted octanol–water partition coefficient (Wildman–Crippen LogP) is 8.28. The van der Waals surface area contributed by atoms with Crippen molar-refractivity contribution in [3.63, 3.8) is 0 Å². The molecule has 0 bridgehead atoms. The molecule has 1 atom stereocenters. The summed E-state index contributed by atoms with van der Waals surface area (Å²) in [6.07, 6.45) is 3.64. The van der Waals surface area contributed by atoms with Gasteiger partial charge in [0.2, 0.25) is 0 Å². The van der Waals surface area contributed by atoms with Crippen LogP contribution in [0.3, 0.4) is 0 Å². The minimum absolute atomic E-state index is 0.397. The topological polar surface area (TPSA) is 9.23 Å². The van der Waals surface area contributed by atoms with Crippen LogP contribution in [0.15, 0.2) is 124 Å². The summed E-state index contributed by atoms with van der Waals surface area (Å²) in [5.74, 6) is 0.946. The van der Waals surface area contributed by atoms with E-state index >= 15 is 0 Å². The van der Waals surface area contributed by atoms with Gasteiger partial charge in [-0.25, -0.2) is 0 Å². The van der Waals surface area contributed by atoms with Crippen LogP contribution in [0.4, 0.5) is 0 Å². The van der Waals surface area contributed by atoms with E-state index in [1.165, 1.54) is 44.5 Å². The molecule has 176 valence electrons. The van der Waals surface area contributed by atoms with Crippen LogP contribution in [0.1, 0.15) is 46.1 Å². The van der Waals surface area contributed by atoms with E-state index in [0.717, 1.165) is 12.2 Å². The predicted molar refractivity (Wildman–Crippen MR) is 147 cm³/mol. The fraction of sp³-hybridized carbons (Fsp3) is 0.147. The molecular weight excluding hydrogens is 516 g/mol. The quantitative estimate of drug-likeness (QED) is 0.245. The van der Waals surface area contributed by atoms with Gasteiger partial charge < -0.3 is 0 Å². The molecule has 1 nitrogen and oxygen atoms in total. The zero-order valence-corrected chi connectivity index (χ0v) is 23.5. The van der Waals surface area contributed by atoms with Crippen molar-refractivity contribution in [2.45, 2.75) is 23.9 Å². The van der Waals surface area contributed by atoms with E-state index < -0.39 is 21.3 Å². The molecule has 0 fully saturated rings. The third-order valence-electron chi connectivity index (χ3n) is 7.68. The molecule has 0 aromatic heterocycles. The average Bonchev–Trinajstić information content (AvgIpc) is 3.43. The summed E-state index contributed by atoms with van der Waals surface area (Å²) in [5.41, 5.74) is 11.4. The number of hydrogen-bond acceptors (Lipinski definition) is 1. The molecule has 36 heavy (non-hydrogen) atoms. The first kappa shape index (κ1) is 23.3.